The van der Waals surface area contributed by atoms with Crippen LogP contribution in [0.15, 0.2) is 43.4 Å². The van der Waals surface area contributed by atoms with Crippen molar-refractivity contribution in [3.8, 4) is 11.1 Å². The monoisotopic (exact) mass is 478 g/mol. The van der Waals surface area contributed by atoms with Crippen molar-refractivity contribution < 1.29 is 9.18 Å². The molecule has 0 radical (unpaired) electrons. The third kappa shape index (κ3) is 3.40. The van der Waals surface area contributed by atoms with E-state index in [0.29, 0.717) is 29.9 Å². The van der Waals surface area contributed by atoms with Crippen LogP contribution in [0.2, 0.25) is 5.02 Å². The van der Waals surface area contributed by atoms with E-state index >= 15 is 4.39 Å². The number of nitrogens with zero attached hydrogens (tertiary/aromatic N) is 5. The minimum atomic E-state index is -0.503. The maximum atomic E-state index is 16.1. The van der Waals surface area contributed by atoms with Crippen molar-refractivity contribution in [3.63, 3.8) is 0 Å². The van der Waals surface area contributed by atoms with Gasteiger partial charge in [0.15, 0.2) is 5.82 Å². The van der Waals surface area contributed by atoms with Gasteiger partial charge >= 0.3 is 0 Å². The average molecular weight is 479 g/mol. The number of piperazine rings is 1. The highest BCUT2D eigenvalue weighted by Gasteiger charge is 2.33. The van der Waals surface area contributed by atoms with Crippen LogP contribution in [0.4, 0.5) is 10.2 Å². The van der Waals surface area contributed by atoms with Crippen LogP contribution >= 0.6 is 11.6 Å². The van der Waals surface area contributed by atoms with Crippen molar-refractivity contribution >= 4 is 45.1 Å². The summed E-state index contributed by atoms with van der Waals surface area (Å²) in [6, 6.07) is 5.50. The molecule has 0 spiro atoms. The number of amides is 1. The molecular weight excluding hydrogens is 455 g/mol. The topological polar surface area (TPSA) is 78.0 Å². The van der Waals surface area contributed by atoms with Crippen LogP contribution in [0.3, 0.4) is 0 Å². The molecule has 1 saturated heterocycles. The Balaban J connectivity index is 1.67. The van der Waals surface area contributed by atoms with E-state index in [4.69, 9.17) is 11.6 Å². The van der Waals surface area contributed by atoms with Gasteiger partial charge in [-0.15, -0.1) is 0 Å². The van der Waals surface area contributed by atoms with E-state index in [9.17, 15) is 4.79 Å². The summed E-state index contributed by atoms with van der Waals surface area (Å²) < 4.78 is 16.1. The van der Waals surface area contributed by atoms with Crippen LogP contribution in [0.25, 0.3) is 32.9 Å². The lowest BCUT2D eigenvalue weighted by molar-refractivity contribution is -0.127. The minimum absolute atomic E-state index is 0.0479. The third-order valence-electron chi connectivity index (χ3n) is 6.53. The number of halogens is 2. The molecule has 1 aliphatic heterocycles. The highest BCUT2D eigenvalue weighted by atomic mass is 35.5. The lowest BCUT2D eigenvalue weighted by Crippen LogP contribution is -2.58. The zero-order valence-electron chi connectivity index (χ0n) is 19.1. The van der Waals surface area contributed by atoms with Crippen molar-refractivity contribution in [2.75, 3.05) is 18.0 Å². The van der Waals surface area contributed by atoms with Gasteiger partial charge < -0.3 is 9.80 Å². The highest BCUT2D eigenvalue weighted by Crippen LogP contribution is 2.41. The van der Waals surface area contributed by atoms with Crippen molar-refractivity contribution in [1.82, 2.24) is 25.1 Å². The van der Waals surface area contributed by atoms with E-state index < -0.39 is 5.82 Å². The predicted molar refractivity (Wildman–Crippen MR) is 133 cm³/mol. The second kappa shape index (κ2) is 8.36. The Bertz CT molecular complexity index is 1440. The molecule has 1 amide bonds. The summed E-state index contributed by atoms with van der Waals surface area (Å²) in [5.41, 5.74) is 2.74. The molecular formula is C25H24ClFN6O. The van der Waals surface area contributed by atoms with Crippen LogP contribution in [-0.2, 0) is 4.79 Å². The van der Waals surface area contributed by atoms with Crippen LogP contribution in [-0.4, -0.2) is 56.1 Å². The second-order valence-corrected chi connectivity index (χ2v) is 9.19. The first-order valence-electron chi connectivity index (χ1n) is 11.1. The van der Waals surface area contributed by atoms with Crippen LogP contribution in [0.5, 0.6) is 0 Å². The molecule has 1 aliphatic rings. The Hall–Kier alpha value is -3.52. The summed E-state index contributed by atoms with van der Waals surface area (Å²) in [7, 11) is 0. The zero-order chi connectivity index (χ0) is 24.1. The number of aromatic amines is 1. The van der Waals surface area contributed by atoms with Crippen LogP contribution < -0.4 is 4.90 Å². The molecule has 1 N–H and O–H groups in total. The fourth-order valence-corrected chi connectivity index (χ4v) is 5.33. The number of aromatic nitrogens is 4. The minimum Gasteiger partial charge on any atom is -0.347 e. The molecule has 2 aromatic heterocycles. The number of carbonyl (C=O) groups excluding carboxylic acids is 1. The Labute approximate surface area is 201 Å². The maximum absolute atomic E-state index is 16.1. The first-order valence-corrected chi connectivity index (χ1v) is 11.4. The second-order valence-electron chi connectivity index (χ2n) is 8.79. The van der Waals surface area contributed by atoms with Crippen molar-refractivity contribution in [2.45, 2.75) is 32.9 Å². The van der Waals surface area contributed by atoms with Gasteiger partial charge in [-0.25, -0.2) is 14.4 Å². The first-order chi connectivity index (χ1) is 16.3. The average Bonchev–Trinajstić information content (AvgIpc) is 3.28. The fraction of sp³-hybridized carbons (Fsp3) is 0.280. The van der Waals surface area contributed by atoms with Crippen LogP contribution in [0, 0.1) is 12.7 Å². The molecule has 5 rings (SSSR count). The van der Waals surface area contributed by atoms with E-state index in [-0.39, 0.29) is 34.1 Å². The summed E-state index contributed by atoms with van der Waals surface area (Å²) in [5, 5.41) is 8.75. The number of nitrogens with one attached hydrogen (secondary N) is 1. The van der Waals surface area contributed by atoms with E-state index in [2.05, 4.69) is 31.6 Å². The van der Waals surface area contributed by atoms with Crippen LogP contribution in [0.1, 0.15) is 19.4 Å². The number of fused-ring (bicyclic) bond motifs is 2. The number of hydrogen-bond acceptors (Lipinski definition) is 5. The molecule has 0 saturated carbocycles. The number of rotatable bonds is 3. The lowest BCUT2D eigenvalue weighted by atomic mass is 9.96. The molecule has 2 aromatic carbocycles. The molecule has 3 heterocycles. The molecule has 1 fully saturated rings. The molecule has 0 bridgehead atoms. The van der Waals surface area contributed by atoms with Crippen molar-refractivity contribution in [2.24, 2.45) is 0 Å². The Morgan fingerprint density at radius 3 is 2.68 bits per heavy atom. The number of H-pyrrole nitrogens is 1. The van der Waals surface area contributed by atoms with Crippen molar-refractivity contribution in [3.05, 3.63) is 59.8 Å². The van der Waals surface area contributed by atoms with E-state index in [1.54, 1.807) is 17.2 Å². The van der Waals surface area contributed by atoms with Gasteiger partial charge in [-0.05, 0) is 38.5 Å². The summed E-state index contributed by atoms with van der Waals surface area (Å²) in [4.78, 5) is 24.8. The number of anilines is 1. The zero-order valence-corrected chi connectivity index (χ0v) is 19.9. The quantitative estimate of drug-likeness (QED) is 0.424. The lowest BCUT2D eigenvalue weighted by Gasteiger charge is -2.45. The van der Waals surface area contributed by atoms with E-state index in [0.717, 1.165) is 16.5 Å². The highest BCUT2D eigenvalue weighted by molar-refractivity contribution is 6.35. The normalized spacial score (nSPS) is 18.6. The molecule has 174 valence electrons. The van der Waals surface area contributed by atoms with Gasteiger partial charge in [0.05, 0.1) is 16.7 Å². The number of aryl methyl sites for hydroxylation is 1. The summed E-state index contributed by atoms with van der Waals surface area (Å²) in [5.74, 6) is -0.00960. The predicted octanol–water partition coefficient (Wildman–Crippen LogP) is 4.89. The molecule has 2 atom stereocenters. The number of benzene rings is 2. The van der Waals surface area contributed by atoms with Gasteiger partial charge in [-0.3, -0.25) is 9.89 Å². The maximum Gasteiger partial charge on any atom is 0.246 e. The molecule has 34 heavy (non-hydrogen) atoms. The number of hydrogen-bond donors (Lipinski definition) is 1. The summed E-state index contributed by atoms with van der Waals surface area (Å²) >= 11 is 6.74. The van der Waals surface area contributed by atoms with Gasteiger partial charge in [0.2, 0.25) is 5.91 Å². The Kier molecular flexibility index (Phi) is 5.48. The van der Waals surface area contributed by atoms with Gasteiger partial charge in [0.1, 0.15) is 17.7 Å². The molecule has 0 unspecified atom stereocenters. The molecule has 7 nitrogen and oxygen atoms in total. The SMILES string of the molecule is C=CC(=O)N1C[C@@H](C)N(c2ncnc3c(F)c(-c4c(C)ccc5cn[nH]c45)c(Cl)cc23)[C@@H](C)C1. The Morgan fingerprint density at radius 2 is 1.97 bits per heavy atom. The van der Waals surface area contributed by atoms with Gasteiger partial charge in [0, 0.05) is 47.1 Å². The van der Waals surface area contributed by atoms with Gasteiger partial charge in [0.25, 0.3) is 0 Å². The van der Waals surface area contributed by atoms with Gasteiger partial charge in [-0.1, -0.05) is 30.3 Å². The smallest absolute Gasteiger partial charge is 0.246 e. The third-order valence-corrected chi connectivity index (χ3v) is 6.82. The largest absolute Gasteiger partial charge is 0.347 e. The molecule has 9 heteroatoms. The first kappa shape index (κ1) is 22.3. The molecule has 0 aliphatic carbocycles. The van der Waals surface area contributed by atoms with Gasteiger partial charge in [-0.2, -0.15) is 5.10 Å². The fourth-order valence-electron chi connectivity index (χ4n) is 5.04. The molecule has 4 aromatic rings. The van der Waals surface area contributed by atoms with Crippen molar-refractivity contribution in [1.29, 1.82) is 0 Å². The standard InChI is InChI=1S/C25H24ClFN6O/c1-5-19(34)32-10-14(3)33(15(4)11-32)25-17-8-18(26)21(22(27)24(17)28-12-29-25)20-13(2)6-7-16-9-30-31-23(16)20/h5-9,12,14-15H,1,10-11H2,2-4H3,(H,30,31)/t14-,15+. The Morgan fingerprint density at radius 1 is 1.24 bits per heavy atom. The van der Waals surface area contributed by atoms with E-state index in [1.807, 2.05) is 32.9 Å². The summed E-state index contributed by atoms with van der Waals surface area (Å²) in [6.07, 6.45) is 4.40. The summed E-state index contributed by atoms with van der Waals surface area (Å²) in [6.45, 7) is 10.6. The van der Waals surface area contributed by atoms with E-state index in [1.165, 1.54) is 12.4 Å². The number of carbonyl (C=O) groups is 1.